The first-order chi connectivity index (χ1) is 7.78. The largest absolute Gasteiger partial charge is 0.397 e. The second-order valence-electron chi connectivity index (χ2n) is 4.35. The number of anilines is 2. The van der Waals surface area contributed by atoms with Gasteiger partial charge in [0.25, 0.3) is 0 Å². The molecule has 0 bridgehead atoms. The summed E-state index contributed by atoms with van der Waals surface area (Å²) in [5.41, 5.74) is 6.32. The zero-order chi connectivity index (χ0) is 11.4. The number of rotatable bonds is 3. The highest BCUT2D eigenvalue weighted by atomic mass is 15.2. The van der Waals surface area contributed by atoms with Gasteiger partial charge in [-0.15, -0.1) is 0 Å². The lowest BCUT2D eigenvalue weighted by molar-refractivity contribution is 0.226. The number of pyridine rings is 1. The van der Waals surface area contributed by atoms with Crippen LogP contribution in [0.5, 0.6) is 0 Å². The van der Waals surface area contributed by atoms with Crippen molar-refractivity contribution in [3.05, 3.63) is 18.3 Å². The number of piperidine rings is 1. The summed E-state index contributed by atoms with van der Waals surface area (Å²) < 4.78 is 0. The molecule has 1 aromatic heterocycles. The molecule has 1 unspecified atom stereocenters. The van der Waals surface area contributed by atoms with Crippen LogP contribution in [-0.4, -0.2) is 35.6 Å². The van der Waals surface area contributed by atoms with Crippen LogP contribution in [0.3, 0.4) is 0 Å². The van der Waals surface area contributed by atoms with E-state index in [0.717, 1.165) is 18.9 Å². The van der Waals surface area contributed by atoms with Gasteiger partial charge in [0.2, 0.25) is 0 Å². The molecule has 2 rings (SSSR count). The van der Waals surface area contributed by atoms with Crippen molar-refractivity contribution < 1.29 is 0 Å². The van der Waals surface area contributed by atoms with E-state index in [-0.39, 0.29) is 0 Å². The van der Waals surface area contributed by atoms with Crippen molar-refractivity contribution in [2.45, 2.75) is 25.8 Å². The summed E-state index contributed by atoms with van der Waals surface area (Å²) in [6.07, 6.45) is 4.19. The van der Waals surface area contributed by atoms with E-state index in [1.165, 1.54) is 19.4 Å². The normalized spacial score (nSPS) is 21.9. The minimum absolute atomic E-state index is 0.518. The second-order valence-corrected chi connectivity index (χ2v) is 4.35. The van der Waals surface area contributed by atoms with E-state index in [0.29, 0.717) is 11.7 Å². The van der Waals surface area contributed by atoms with Gasteiger partial charge in [0, 0.05) is 12.6 Å². The predicted molar refractivity (Wildman–Crippen MR) is 67.4 cm³/mol. The van der Waals surface area contributed by atoms with Gasteiger partial charge < -0.3 is 16.0 Å². The zero-order valence-corrected chi connectivity index (χ0v) is 9.82. The van der Waals surface area contributed by atoms with Gasteiger partial charge in [-0.25, -0.2) is 4.98 Å². The van der Waals surface area contributed by atoms with Gasteiger partial charge in [-0.2, -0.15) is 0 Å². The molecule has 1 atom stereocenters. The van der Waals surface area contributed by atoms with Crippen LogP contribution >= 0.6 is 0 Å². The summed E-state index contributed by atoms with van der Waals surface area (Å²) >= 11 is 0. The van der Waals surface area contributed by atoms with E-state index in [1.54, 1.807) is 6.20 Å². The van der Waals surface area contributed by atoms with Gasteiger partial charge in [0.05, 0.1) is 11.9 Å². The van der Waals surface area contributed by atoms with E-state index in [2.05, 4.69) is 22.1 Å². The van der Waals surface area contributed by atoms with Crippen LogP contribution in [0, 0.1) is 0 Å². The lowest BCUT2D eigenvalue weighted by Crippen LogP contribution is -2.41. The molecule has 1 aliphatic heterocycles. The maximum atomic E-state index is 5.60. The monoisotopic (exact) mass is 220 g/mol. The lowest BCUT2D eigenvalue weighted by atomic mass is 10.1. The Labute approximate surface area is 96.8 Å². The Bertz CT molecular complexity index is 322. The first-order valence-electron chi connectivity index (χ1n) is 5.98. The van der Waals surface area contributed by atoms with Crippen molar-refractivity contribution in [2.24, 2.45) is 0 Å². The smallest absolute Gasteiger partial charge is 0.126 e. The highest BCUT2D eigenvalue weighted by Crippen LogP contribution is 2.14. The first-order valence-corrected chi connectivity index (χ1v) is 5.98. The maximum absolute atomic E-state index is 5.60. The van der Waals surface area contributed by atoms with Crippen molar-refractivity contribution in [1.29, 1.82) is 0 Å². The molecule has 3 N–H and O–H groups in total. The molecule has 0 amide bonds. The summed E-state index contributed by atoms with van der Waals surface area (Å²) in [7, 11) is 0. The second kappa shape index (κ2) is 5.16. The van der Waals surface area contributed by atoms with Crippen molar-refractivity contribution in [1.82, 2.24) is 9.88 Å². The Morgan fingerprint density at radius 2 is 2.44 bits per heavy atom. The number of hydrogen-bond donors (Lipinski definition) is 2. The van der Waals surface area contributed by atoms with Crippen molar-refractivity contribution in [3.8, 4) is 0 Å². The van der Waals surface area contributed by atoms with Crippen LogP contribution in [0.15, 0.2) is 18.3 Å². The molecule has 4 nitrogen and oxygen atoms in total. The minimum atomic E-state index is 0.518. The number of likely N-dealkylation sites (N-methyl/N-ethyl adjacent to an activating group) is 1. The van der Waals surface area contributed by atoms with Crippen LogP contribution in [-0.2, 0) is 0 Å². The predicted octanol–water partition coefficient (Wildman–Crippen LogP) is 1.56. The van der Waals surface area contributed by atoms with Gasteiger partial charge >= 0.3 is 0 Å². The number of hydrogen-bond acceptors (Lipinski definition) is 4. The van der Waals surface area contributed by atoms with E-state index in [9.17, 15) is 0 Å². The van der Waals surface area contributed by atoms with Crippen molar-refractivity contribution in [2.75, 3.05) is 30.7 Å². The summed E-state index contributed by atoms with van der Waals surface area (Å²) in [6, 6.07) is 4.35. The van der Waals surface area contributed by atoms with Gasteiger partial charge in [-0.3, -0.25) is 0 Å². The third-order valence-corrected chi connectivity index (χ3v) is 3.09. The van der Waals surface area contributed by atoms with Crippen LogP contribution in [0.25, 0.3) is 0 Å². The van der Waals surface area contributed by atoms with Crippen LogP contribution < -0.4 is 11.1 Å². The van der Waals surface area contributed by atoms with Crippen molar-refractivity contribution >= 4 is 11.5 Å². The number of likely N-dealkylation sites (tertiary alicyclic amines) is 1. The molecule has 0 saturated carbocycles. The zero-order valence-electron chi connectivity index (χ0n) is 9.82. The standard InChI is InChI=1S/C12H20N4/c1-2-16-7-3-4-11(9-16)15-12-6-5-10(13)8-14-12/h5-6,8,11H,2-4,7,9,13H2,1H3,(H,14,15). The van der Waals surface area contributed by atoms with E-state index < -0.39 is 0 Å². The maximum Gasteiger partial charge on any atom is 0.126 e. The molecule has 1 aliphatic rings. The molecule has 1 fully saturated rings. The quantitative estimate of drug-likeness (QED) is 0.811. The van der Waals surface area contributed by atoms with Crippen LogP contribution in [0.4, 0.5) is 11.5 Å². The molecule has 88 valence electrons. The molecule has 16 heavy (non-hydrogen) atoms. The number of nitrogens with two attached hydrogens (primary N) is 1. The lowest BCUT2D eigenvalue weighted by Gasteiger charge is -2.32. The molecule has 0 spiro atoms. The fraction of sp³-hybridized carbons (Fsp3) is 0.583. The summed E-state index contributed by atoms with van der Waals surface area (Å²) in [4.78, 5) is 6.74. The summed E-state index contributed by atoms with van der Waals surface area (Å²) in [5, 5.41) is 3.46. The van der Waals surface area contributed by atoms with E-state index >= 15 is 0 Å². The van der Waals surface area contributed by atoms with E-state index in [1.807, 2.05) is 12.1 Å². The first kappa shape index (κ1) is 11.2. The Hall–Kier alpha value is -1.29. The Balaban J connectivity index is 1.91. The Kier molecular flexibility index (Phi) is 3.62. The number of nitrogens with zero attached hydrogens (tertiary/aromatic N) is 2. The fourth-order valence-electron chi connectivity index (χ4n) is 2.16. The minimum Gasteiger partial charge on any atom is -0.397 e. The van der Waals surface area contributed by atoms with Gasteiger partial charge in [-0.05, 0) is 38.1 Å². The molecular formula is C12H20N4. The van der Waals surface area contributed by atoms with Crippen LogP contribution in [0.1, 0.15) is 19.8 Å². The molecule has 0 aliphatic carbocycles. The molecule has 0 aromatic carbocycles. The van der Waals surface area contributed by atoms with Gasteiger partial charge in [0.1, 0.15) is 5.82 Å². The fourth-order valence-corrected chi connectivity index (χ4v) is 2.16. The number of nitrogen functional groups attached to an aromatic ring is 1. The molecule has 2 heterocycles. The van der Waals surface area contributed by atoms with Gasteiger partial charge in [-0.1, -0.05) is 6.92 Å². The average molecular weight is 220 g/mol. The Morgan fingerprint density at radius 3 is 3.12 bits per heavy atom. The topological polar surface area (TPSA) is 54.2 Å². The third kappa shape index (κ3) is 2.85. The van der Waals surface area contributed by atoms with E-state index in [4.69, 9.17) is 5.73 Å². The number of aromatic nitrogens is 1. The molecule has 4 heteroatoms. The SMILES string of the molecule is CCN1CCCC(Nc2ccc(N)cn2)C1. The molecule has 0 radical (unpaired) electrons. The van der Waals surface area contributed by atoms with Crippen LogP contribution in [0.2, 0.25) is 0 Å². The summed E-state index contributed by atoms with van der Waals surface area (Å²) in [6.45, 7) is 5.68. The average Bonchev–Trinajstić information content (AvgIpc) is 2.32. The molecule has 1 aromatic rings. The molecular weight excluding hydrogens is 200 g/mol. The molecule has 1 saturated heterocycles. The highest BCUT2D eigenvalue weighted by Gasteiger charge is 2.18. The van der Waals surface area contributed by atoms with Crippen molar-refractivity contribution in [3.63, 3.8) is 0 Å². The third-order valence-electron chi connectivity index (χ3n) is 3.09. The summed E-state index contributed by atoms with van der Waals surface area (Å²) in [5.74, 6) is 0.928. The van der Waals surface area contributed by atoms with Gasteiger partial charge in [0.15, 0.2) is 0 Å². The number of nitrogens with one attached hydrogen (secondary N) is 1. The Morgan fingerprint density at radius 1 is 1.56 bits per heavy atom. The highest BCUT2D eigenvalue weighted by molar-refractivity contribution is 5.44.